The second-order valence-electron chi connectivity index (χ2n) is 13.3. The highest BCUT2D eigenvalue weighted by atomic mass is 16.6. The number of urea groups is 1. The summed E-state index contributed by atoms with van der Waals surface area (Å²) >= 11 is 0. The van der Waals surface area contributed by atoms with Crippen molar-refractivity contribution in [3.63, 3.8) is 0 Å². The minimum atomic E-state index is -1.32. The van der Waals surface area contributed by atoms with E-state index in [0.29, 0.717) is 6.42 Å². The van der Waals surface area contributed by atoms with E-state index in [2.05, 4.69) is 16.0 Å². The number of amides is 3. The maximum Gasteiger partial charge on any atom is 0.329 e. The number of esters is 3. The summed E-state index contributed by atoms with van der Waals surface area (Å²) in [6.45, 7) is 12.0. The van der Waals surface area contributed by atoms with E-state index in [1.54, 1.807) is 53.7 Å². The molecule has 0 aromatic heterocycles. The van der Waals surface area contributed by atoms with Crippen LogP contribution >= 0.6 is 0 Å². The highest BCUT2D eigenvalue weighted by Gasteiger charge is 2.31. The molecule has 1 rings (SSSR count). The Morgan fingerprint density at radius 3 is 1.72 bits per heavy atom. The maximum atomic E-state index is 13.1. The third kappa shape index (κ3) is 19.2. The number of carbonyl (C=O) groups is 6. The van der Waals surface area contributed by atoms with Crippen molar-refractivity contribution in [2.75, 3.05) is 0 Å². The fraction of sp³-hybridized carbons (Fsp3) is 0.647. The second-order valence-corrected chi connectivity index (χ2v) is 13.3. The Labute approximate surface area is 277 Å². The quantitative estimate of drug-likeness (QED) is 0.0929. The van der Waals surface area contributed by atoms with Crippen molar-refractivity contribution in [2.45, 2.75) is 142 Å². The van der Waals surface area contributed by atoms with Crippen LogP contribution < -0.4 is 16.0 Å². The SMILES string of the molecule is CCCCCCC(NC(=O)CCC(NC(=O)NC(CCC(=O)OCc1ccccc1)C(=O)OC(C)(C)C)C(=O)OC(C)(C)C)C(=O)O. The average Bonchev–Trinajstić information content (AvgIpc) is 2.96. The number of ether oxygens (including phenoxy) is 3. The molecule has 1 aromatic carbocycles. The van der Waals surface area contributed by atoms with Crippen molar-refractivity contribution in [2.24, 2.45) is 0 Å². The molecule has 0 aliphatic carbocycles. The molecule has 264 valence electrons. The van der Waals surface area contributed by atoms with Crippen LogP contribution in [0.2, 0.25) is 0 Å². The van der Waals surface area contributed by atoms with Gasteiger partial charge >= 0.3 is 29.9 Å². The molecule has 13 heteroatoms. The van der Waals surface area contributed by atoms with Crippen molar-refractivity contribution < 1.29 is 48.1 Å². The molecule has 3 unspecified atom stereocenters. The van der Waals surface area contributed by atoms with E-state index >= 15 is 0 Å². The lowest BCUT2D eigenvalue weighted by Crippen LogP contribution is -2.53. The number of carboxylic acids is 1. The van der Waals surface area contributed by atoms with Crippen LogP contribution in [0.25, 0.3) is 0 Å². The van der Waals surface area contributed by atoms with E-state index < -0.39 is 65.1 Å². The standard InChI is InChI=1S/C34H53N3O10/c1-8-9-10-14-17-24(29(40)41)35-27(38)20-18-25(30(42)46-33(2,3)4)36-32(44)37-26(31(43)47-34(5,6)7)19-21-28(39)45-22-23-15-12-11-13-16-23/h11-13,15-16,24-26H,8-10,14,17-22H2,1-7H3,(H,35,38)(H,40,41)(H2,36,37,44). The Morgan fingerprint density at radius 2 is 1.23 bits per heavy atom. The molecule has 3 amide bonds. The van der Waals surface area contributed by atoms with Gasteiger partial charge in [0.1, 0.15) is 35.9 Å². The largest absolute Gasteiger partial charge is 0.480 e. The number of unbranched alkanes of at least 4 members (excludes halogenated alkanes) is 3. The van der Waals surface area contributed by atoms with Crippen molar-refractivity contribution in [1.82, 2.24) is 16.0 Å². The van der Waals surface area contributed by atoms with Crippen LogP contribution in [0.3, 0.4) is 0 Å². The van der Waals surface area contributed by atoms with Crippen LogP contribution in [0.4, 0.5) is 4.79 Å². The first-order valence-electron chi connectivity index (χ1n) is 16.1. The molecule has 47 heavy (non-hydrogen) atoms. The molecule has 1 aromatic rings. The van der Waals surface area contributed by atoms with E-state index in [-0.39, 0.29) is 38.7 Å². The number of hydrogen-bond donors (Lipinski definition) is 4. The van der Waals surface area contributed by atoms with E-state index in [9.17, 15) is 33.9 Å². The van der Waals surface area contributed by atoms with Gasteiger partial charge in [-0.2, -0.15) is 0 Å². The molecule has 0 saturated heterocycles. The molecule has 0 aliphatic heterocycles. The highest BCUT2D eigenvalue weighted by Crippen LogP contribution is 2.14. The van der Waals surface area contributed by atoms with Gasteiger partial charge in [-0.15, -0.1) is 0 Å². The topological polar surface area (TPSA) is 186 Å². The lowest BCUT2D eigenvalue weighted by molar-refractivity contribution is -0.158. The molecule has 0 radical (unpaired) electrons. The molecule has 0 aliphatic rings. The van der Waals surface area contributed by atoms with Gasteiger partial charge in [0.25, 0.3) is 0 Å². The number of carbonyl (C=O) groups excluding carboxylic acids is 5. The summed E-state index contributed by atoms with van der Waals surface area (Å²) in [6, 6.07) is 4.44. The lowest BCUT2D eigenvalue weighted by atomic mass is 10.1. The Kier molecular flexibility index (Phi) is 17.5. The predicted octanol–water partition coefficient (Wildman–Crippen LogP) is 4.55. The minimum absolute atomic E-state index is 0.0436. The normalized spacial score (nSPS) is 13.3. The third-order valence-electron chi connectivity index (χ3n) is 6.51. The summed E-state index contributed by atoms with van der Waals surface area (Å²) in [7, 11) is 0. The minimum Gasteiger partial charge on any atom is -0.480 e. The summed E-state index contributed by atoms with van der Waals surface area (Å²) in [4.78, 5) is 75.9. The Bertz CT molecular complexity index is 1170. The molecular formula is C34H53N3O10. The summed E-state index contributed by atoms with van der Waals surface area (Å²) < 4.78 is 16.1. The van der Waals surface area contributed by atoms with Crippen LogP contribution in [0.5, 0.6) is 0 Å². The summed E-state index contributed by atoms with van der Waals surface area (Å²) in [5, 5.41) is 16.9. The number of benzene rings is 1. The number of nitrogens with one attached hydrogen (secondary N) is 3. The average molecular weight is 664 g/mol. The fourth-order valence-corrected chi connectivity index (χ4v) is 4.25. The zero-order chi connectivity index (χ0) is 35.6. The number of carboxylic acid groups (broad SMARTS) is 1. The first kappa shape index (κ1) is 40.9. The Hall–Kier alpha value is -4.16. The fourth-order valence-electron chi connectivity index (χ4n) is 4.25. The van der Waals surface area contributed by atoms with Gasteiger partial charge in [-0.3, -0.25) is 9.59 Å². The molecule has 0 heterocycles. The number of rotatable bonds is 19. The van der Waals surface area contributed by atoms with Crippen LogP contribution in [0, 0.1) is 0 Å². The molecule has 13 nitrogen and oxygen atoms in total. The van der Waals surface area contributed by atoms with Crippen LogP contribution in [-0.2, 0) is 44.8 Å². The molecule has 4 N–H and O–H groups in total. The van der Waals surface area contributed by atoms with E-state index in [1.165, 1.54) is 0 Å². The zero-order valence-electron chi connectivity index (χ0n) is 28.8. The van der Waals surface area contributed by atoms with E-state index in [4.69, 9.17) is 14.2 Å². The third-order valence-corrected chi connectivity index (χ3v) is 6.51. The summed E-state index contributed by atoms with van der Waals surface area (Å²) in [5.74, 6) is -3.98. The van der Waals surface area contributed by atoms with Gasteiger partial charge < -0.3 is 35.3 Å². The summed E-state index contributed by atoms with van der Waals surface area (Å²) in [5.41, 5.74) is -1.02. The van der Waals surface area contributed by atoms with Crippen molar-refractivity contribution in [3.05, 3.63) is 35.9 Å². The lowest BCUT2D eigenvalue weighted by Gasteiger charge is -2.27. The van der Waals surface area contributed by atoms with Crippen LogP contribution in [0.15, 0.2) is 30.3 Å². The Morgan fingerprint density at radius 1 is 0.702 bits per heavy atom. The monoisotopic (exact) mass is 663 g/mol. The van der Waals surface area contributed by atoms with Gasteiger partial charge in [-0.25, -0.2) is 19.2 Å². The van der Waals surface area contributed by atoms with Crippen molar-refractivity contribution >= 4 is 35.8 Å². The molecule has 3 atom stereocenters. The molecular weight excluding hydrogens is 610 g/mol. The molecule has 0 fully saturated rings. The smallest absolute Gasteiger partial charge is 0.329 e. The van der Waals surface area contributed by atoms with Crippen LogP contribution in [-0.4, -0.2) is 70.2 Å². The molecule has 0 spiro atoms. The predicted molar refractivity (Wildman–Crippen MR) is 174 cm³/mol. The zero-order valence-corrected chi connectivity index (χ0v) is 28.8. The summed E-state index contributed by atoms with van der Waals surface area (Å²) in [6.07, 6.45) is 2.83. The molecule has 0 saturated carbocycles. The van der Waals surface area contributed by atoms with Gasteiger partial charge in [-0.1, -0.05) is 62.9 Å². The molecule has 0 bridgehead atoms. The van der Waals surface area contributed by atoms with Gasteiger partial charge in [0.05, 0.1) is 0 Å². The van der Waals surface area contributed by atoms with Crippen LogP contribution in [0.1, 0.15) is 112 Å². The van der Waals surface area contributed by atoms with E-state index in [0.717, 1.165) is 24.8 Å². The second kappa shape index (κ2) is 20.2. The number of aliphatic carboxylic acids is 1. The first-order valence-corrected chi connectivity index (χ1v) is 16.1. The Balaban J connectivity index is 2.94. The van der Waals surface area contributed by atoms with Gasteiger partial charge in [0.2, 0.25) is 5.91 Å². The number of hydrogen-bond acceptors (Lipinski definition) is 9. The van der Waals surface area contributed by atoms with Gasteiger partial charge in [-0.05, 0) is 66.4 Å². The van der Waals surface area contributed by atoms with Crippen molar-refractivity contribution in [1.29, 1.82) is 0 Å². The van der Waals surface area contributed by atoms with Crippen molar-refractivity contribution in [3.8, 4) is 0 Å². The first-order chi connectivity index (χ1) is 21.9. The highest BCUT2D eigenvalue weighted by molar-refractivity contribution is 5.88. The van der Waals surface area contributed by atoms with Gasteiger partial charge in [0, 0.05) is 12.8 Å². The van der Waals surface area contributed by atoms with Gasteiger partial charge in [0.15, 0.2) is 0 Å². The van der Waals surface area contributed by atoms with E-state index in [1.807, 2.05) is 25.1 Å². The maximum absolute atomic E-state index is 13.1.